The predicted molar refractivity (Wildman–Crippen MR) is 96.0 cm³/mol. The van der Waals surface area contributed by atoms with Crippen molar-refractivity contribution in [3.8, 4) is 11.4 Å². The lowest BCUT2D eigenvalue weighted by Crippen LogP contribution is -2.28. The van der Waals surface area contributed by atoms with Crippen molar-refractivity contribution in [2.75, 3.05) is 26.0 Å². The predicted octanol–water partition coefficient (Wildman–Crippen LogP) is 2.38. The quantitative estimate of drug-likeness (QED) is 0.733. The molecule has 8 heteroatoms. The van der Waals surface area contributed by atoms with Crippen LogP contribution in [0.25, 0.3) is 11.4 Å². The summed E-state index contributed by atoms with van der Waals surface area (Å²) in [6, 6.07) is 5.28. The first-order chi connectivity index (χ1) is 11.2. The van der Waals surface area contributed by atoms with E-state index < -0.39 is 0 Å². The molecule has 0 aromatic carbocycles. The van der Waals surface area contributed by atoms with Crippen molar-refractivity contribution in [2.45, 2.75) is 0 Å². The lowest BCUT2D eigenvalue weighted by Gasteiger charge is -2.01. The van der Waals surface area contributed by atoms with Crippen LogP contribution in [0.5, 0.6) is 0 Å². The van der Waals surface area contributed by atoms with E-state index in [9.17, 15) is 4.79 Å². The maximum atomic E-state index is 11.6. The van der Waals surface area contributed by atoms with E-state index in [1.165, 1.54) is 17.5 Å². The Morgan fingerprint density at radius 2 is 2.17 bits per heavy atom. The molecule has 23 heavy (non-hydrogen) atoms. The van der Waals surface area contributed by atoms with E-state index in [0.29, 0.717) is 11.7 Å². The number of aromatic nitrogens is 2. The Morgan fingerprint density at radius 3 is 2.83 bits per heavy atom. The van der Waals surface area contributed by atoms with Crippen LogP contribution in [0.4, 0.5) is 9.93 Å². The topological polar surface area (TPSA) is 91.3 Å². The lowest BCUT2D eigenvalue weighted by molar-refractivity contribution is 0.253. The van der Waals surface area contributed by atoms with Crippen LogP contribution in [-0.2, 0) is 0 Å². The molecule has 2 heterocycles. The molecule has 0 aliphatic rings. The highest BCUT2D eigenvalue weighted by Gasteiger charge is 2.07. The number of rotatable bonds is 5. The number of amides is 2. The third-order valence-electron chi connectivity index (χ3n) is 2.24. The molecule has 2 rings (SSSR count). The summed E-state index contributed by atoms with van der Waals surface area (Å²) in [6.45, 7) is 3.68. The number of nitrogens with zero attached hydrogens (tertiary/aromatic N) is 3. The van der Waals surface area contributed by atoms with Crippen LogP contribution < -0.4 is 16.0 Å². The van der Waals surface area contributed by atoms with Crippen LogP contribution in [-0.4, -0.2) is 43.4 Å². The number of carbonyl (C=O) groups is 1. The minimum atomic E-state index is -0.319. The van der Waals surface area contributed by atoms with E-state index in [-0.39, 0.29) is 6.03 Å². The van der Waals surface area contributed by atoms with Crippen molar-refractivity contribution in [2.24, 2.45) is 4.99 Å². The van der Waals surface area contributed by atoms with Gasteiger partial charge in [0, 0.05) is 24.3 Å². The Kier molecular flexibility index (Phi) is 8.87. The average Bonchev–Trinajstić information content (AvgIpc) is 3.02. The maximum absolute atomic E-state index is 11.6. The highest BCUT2D eigenvalue weighted by Crippen LogP contribution is 2.22. The second kappa shape index (κ2) is 11.0. The van der Waals surface area contributed by atoms with E-state index in [1.54, 1.807) is 12.3 Å². The molecule has 0 atom stereocenters. The first-order valence-electron chi connectivity index (χ1n) is 6.82. The third kappa shape index (κ3) is 7.30. The van der Waals surface area contributed by atoms with Crippen molar-refractivity contribution >= 4 is 29.2 Å². The molecule has 0 saturated carbocycles. The van der Waals surface area contributed by atoms with Crippen LogP contribution in [0.15, 0.2) is 47.0 Å². The van der Waals surface area contributed by atoms with Gasteiger partial charge in [0.15, 0.2) is 5.13 Å². The molecule has 2 amide bonds. The number of urea groups is 1. The number of carbonyl (C=O) groups excluding carboxylic acids is 1. The zero-order valence-corrected chi connectivity index (χ0v) is 13.9. The van der Waals surface area contributed by atoms with Crippen molar-refractivity contribution in [3.63, 3.8) is 0 Å². The fraction of sp³-hybridized carbons (Fsp3) is 0.200. The Hall–Kier alpha value is -2.58. The zero-order valence-electron chi connectivity index (χ0n) is 13.1. The monoisotopic (exact) mass is 332 g/mol. The van der Waals surface area contributed by atoms with Gasteiger partial charge in [-0.15, -0.1) is 11.3 Å². The highest BCUT2D eigenvalue weighted by atomic mass is 32.1. The first kappa shape index (κ1) is 18.5. The lowest BCUT2D eigenvalue weighted by atomic mass is 10.3. The molecule has 3 N–H and O–H groups in total. The van der Waals surface area contributed by atoms with E-state index in [1.807, 2.05) is 37.7 Å². The normalized spacial score (nSPS) is 9.83. The number of nitrogens with one attached hydrogen (secondary N) is 3. The molecular formula is C15H20N6OS. The molecule has 0 unspecified atom stereocenters. The average molecular weight is 332 g/mol. The fourth-order valence-electron chi connectivity index (χ4n) is 1.38. The summed E-state index contributed by atoms with van der Waals surface area (Å²) in [5, 5.41) is 10.4. The van der Waals surface area contributed by atoms with E-state index in [2.05, 4.69) is 37.6 Å². The van der Waals surface area contributed by atoms with Gasteiger partial charge in [-0.05, 0) is 39.0 Å². The molecule has 2 aromatic rings. The van der Waals surface area contributed by atoms with Gasteiger partial charge in [0.2, 0.25) is 0 Å². The van der Waals surface area contributed by atoms with Gasteiger partial charge in [-0.1, -0.05) is 6.07 Å². The second-order valence-corrected chi connectivity index (χ2v) is 5.01. The molecule has 0 aliphatic heterocycles. The molecule has 0 radical (unpaired) electrons. The minimum absolute atomic E-state index is 0.319. The van der Waals surface area contributed by atoms with Crippen molar-refractivity contribution in [1.29, 1.82) is 0 Å². The summed E-state index contributed by atoms with van der Waals surface area (Å²) in [4.78, 5) is 23.6. The van der Waals surface area contributed by atoms with E-state index in [0.717, 1.165) is 11.4 Å². The van der Waals surface area contributed by atoms with Crippen molar-refractivity contribution in [1.82, 2.24) is 20.6 Å². The first-order valence-corrected chi connectivity index (χ1v) is 7.70. The van der Waals surface area contributed by atoms with Gasteiger partial charge in [-0.2, -0.15) is 0 Å². The number of pyridine rings is 1. The molecule has 122 valence electrons. The molecular weight excluding hydrogens is 312 g/mol. The van der Waals surface area contributed by atoms with E-state index >= 15 is 0 Å². The fourth-order valence-corrected chi connectivity index (χ4v) is 2.08. The minimum Gasteiger partial charge on any atom is -0.334 e. The van der Waals surface area contributed by atoms with Crippen LogP contribution >= 0.6 is 11.3 Å². The molecule has 0 spiro atoms. The summed E-state index contributed by atoms with van der Waals surface area (Å²) < 4.78 is 0. The summed E-state index contributed by atoms with van der Waals surface area (Å²) in [5.41, 5.74) is 1.51. The van der Waals surface area contributed by atoms with Crippen LogP contribution in [0, 0.1) is 0 Å². The number of hydrogen-bond donors (Lipinski definition) is 3. The molecule has 0 fully saturated rings. The number of thiazole rings is 1. The standard InChI is InChI=1S/C13H13N5OS.C2H7N/c1-14-6-4-8-16-12(19)18-13-17-11(9-20-13)10-5-2-3-7-15-10;1-3-2/h2-7,9H,1,8H2,(H2,16,17,18,19);3H,1-2H3/b6-4-;. The largest absolute Gasteiger partial charge is 0.334 e. The summed E-state index contributed by atoms with van der Waals surface area (Å²) in [6.07, 6.45) is 4.91. The smallest absolute Gasteiger partial charge is 0.321 e. The highest BCUT2D eigenvalue weighted by molar-refractivity contribution is 7.14. The molecule has 0 saturated heterocycles. The van der Waals surface area contributed by atoms with Gasteiger partial charge in [-0.25, -0.2) is 9.78 Å². The Balaban J connectivity index is 0.000000816. The molecule has 7 nitrogen and oxygen atoms in total. The number of hydrogen-bond acceptors (Lipinski definition) is 6. The van der Waals surface area contributed by atoms with Gasteiger partial charge >= 0.3 is 6.03 Å². The third-order valence-corrected chi connectivity index (χ3v) is 3.00. The Labute approximate surface area is 139 Å². The number of aliphatic imine (C=N–C) groups is 1. The van der Waals surface area contributed by atoms with Crippen LogP contribution in [0.2, 0.25) is 0 Å². The molecule has 2 aromatic heterocycles. The van der Waals surface area contributed by atoms with Gasteiger partial charge < -0.3 is 10.6 Å². The molecule has 0 bridgehead atoms. The van der Waals surface area contributed by atoms with Gasteiger partial charge in [0.1, 0.15) is 5.69 Å². The maximum Gasteiger partial charge on any atom is 0.321 e. The van der Waals surface area contributed by atoms with Crippen molar-refractivity contribution in [3.05, 3.63) is 42.1 Å². The van der Waals surface area contributed by atoms with E-state index in [4.69, 9.17) is 0 Å². The van der Waals surface area contributed by atoms with Gasteiger partial charge in [0.25, 0.3) is 0 Å². The van der Waals surface area contributed by atoms with Crippen LogP contribution in [0.1, 0.15) is 0 Å². The van der Waals surface area contributed by atoms with Crippen molar-refractivity contribution < 1.29 is 4.79 Å². The summed E-state index contributed by atoms with van der Waals surface area (Å²) in [5.74, 6) is 0. The summed E-state index contributed by atoms with van der Waals surface area (Å²) >= 11 is 1.35. The van der Waals surface area contributed by atoms with Crippen LogP contribution in [0.3, 0.4) is 0 Å². The number of anilines is 1. The van der Waals surface area contributed by atoms with Gasteiger partial charge in [0.05, 0.1) is 5.69 Å². The van der Waals surface area contributed by atoms with Gasteiger partial charge in [-0.3, -0.25) is 15.3 Å². The zero-order chi connectivity index (χ0) is 16.9. The molecule has 0 aliphatic carbocycles. The summed E-state index contributed by atoms with van der Waals surface area (Å²) in [7, 11) is 3.75. The SMILES string of the molecule is C=N/C=C\CNC(=O)Nc1nc(-c2ccccn2)cs1.CNC. The Bertz CT molecular complexity index is 626. The Morgan fingerprint density at radius 1 is 1.39 bits per heavy atom. The second-order valence-electron chi connectivity index (χ2n) is 4.16.